The molecule has 82 valence electrons. The van der Waals surface area contributed by atoms with E-state index in [-0.39, 0.29) is 0 Å². The summed E-state index contributed by atoms with van der Waals surface area (Å²) in [6.45, 7) is 0. The van der Waals surface area contributed by atoms with Gasteiger partial charge in [0.25, 0.3) is 0 Å². The lowest BCUT2D eigenvalue weighted by Gasteiger charge is -2.04. The van der Waals surface area contributed by atoms with Crippen LogP contribution in [0.2, 0.25) is 5.15 Å². The SMILES string of the molecule is Clc1ncncc1-c1ccc2ccccc2c1. The molecule has 0 aliphatic rings. The van der Waals surface area contributed by atoms with Crippen LogP contribution in [0.15, 0.2) is 55.0 Å². The number of nitrogens with zero attached hydrogens (tertiary/aromatic N) is 2. The number of hydrogen-bond acceptors (Lipinski definition) is 2. The summed E-state index contributed by atoms with van der Waals surface area (Å²) >= 11 is 6.06. The second kappa shape index (κ2) is 4.15. The third-order valence-corrected chi connectivity index (χ3v) is 3.03. The first-order valence-electron chi connectivity index (χ1n) is 5.29. The second-order valence-electron chi connectivity index (χ2n) is 3.79. The summed E-state index contributed by atoms with van der Waals surface area (Å²) in [5, 5.41) is 2.88. The summed E-state index contributed by atoms with van der Waals surface area (Å²) in [4.78, 5) is 8.00. The highest BCUT2D eigenvalue weighted by Gasteiger charge is 2.04. The van der Waals surface area contributed by atoms with Gasteiger partial charge < -0.3 is 0 Å². The molecule has 0 amide bonds. The molecule has 0 unspecified atom stereocenters. The molecular weight excluding hydrogens is 232 g/mol. The van der Waals surface area contributed by atoms with E-state index in [2.05, 4.69) is 34.2 Å². The van der Waals surface area contributed by atoms with Crippen molar-refractivity contribution in [2.45, 2.75) is 0 Å². The lowest BCUT2D eigenvalue weighted by Crippen LogP contribution is -1.85. The van der Waals surface area contributed by atoms with Crippen molar-refractivity contribution in [3.8, 4) is 11.1 Å². The predicted molar refractivity (Wildman–Crippen MR) is 70.0 cm³/mol. The van der Waals surface area contributed by atoms with Gasteiger partial charge in [-0.3, -0.25) is 0 Å². The van der Waals surface area contributed by atoms with Crippen LogP contribution in [0.25, 0.3) is 21.9 Å². The topological polar surface area (TPSA) is 25.8 Å². The Morgan fingerprint density at radius 1 is 0.941 bits per heavy atom. The van der Waals surface area contributed by atoms with Gasteiger partial charge in [-0.05, 0) is 22.4 Å². The molecule has 2 nitrogen and oxygen atoms in total. The monoisotopic (exact) mass is 240 g/mol. The molecule has 0 fully saturated rings. The minimum Gasteiger partial charge on any atom is -0.244 e. The van der Waals surface area contributed by atoms with Gasteiger partial charge in [-0.1, -0.05) is 48.0 Å². The van der Waals surface area contributed by atoms with Crippen LogP contribution in [0.3, 0.4) is 0 Å². The summed E-state index contributed by atoms with van der Waals surface area (Å²) < 4.78 is 0. The van der Waals surface area contributed by atoms with E-state index in [1.54, 1.807) is 6.20 Å². The quantitative estimate of drug-likeness (QED) is 0.602. The highest BCUT2D eigenvalue weighted by Crippen LogP contribution is 2.27. The summed E-state index contributed by atoms with van der Waals surface area (Å²) in [5.41, 5.74) is 1.90. The van der Waals surface area contributed by atoms with E-state index in [1.165, 1.54) is 17.1 Å². The van der Waals surface area contributed by atoms with Crippen molar-refractivity contribution < 1.29 is 0 Å². The van der Waals surface area contributed by atoms with Crippen LogP contribution in [-0.2, 0) is 0 Å². The molecule has 3 heteroatoms. The Bertz CT molecular complexity index is 680. The summed E-state index contributed by atoms with van der Waals surface area (Å²) in [6, 6.07) is 14.4. The molecule has 1 heterocycles. The van der Waals surface area contributed by atoms with Gasteiger partial charge >= 0.3 is 0 Å². The number of benzene rings is 2. The van der Waals surface area contributed by atoms with Crippen LogP contribution in [-0.4, -0.2) is 9.97 Å². The second-order valence-corrected chi connectivity index (χ2v) is 4.15. The van der Waals surface area contributed by atoms with Crippen LogP contribution in [0.4, 0.5) is 0 Å². The number of hydrogen-bond donors (Lipinski definition) is 0. The fourth-order valence-electron chi connectivity index (χ4n) is 1.87. The number of halogens is 1. The zero-order chi connectivity index (χ0) is 11.7. The Morgan fingerprint density at radius 2 is 1.76 bits per heavy atom. The third kappa shape index (κ3) is 1.87. The van der Waals surface area contributed by atoms with Crippen molar-refractivity contribution in [3.63, 3.8) is 0 Å². The number of fused-ring (bicyclic) bond motifs is 1. The summed E-state index contributed by atoms with van der Waals surface area (Å²) in [5.74, 6) is 0. The van der Waals surface area contributed by atoms with Gasteiger partial charge in [0.1, 0.15) is 11.5 Å². The normalized spacial score (nSPS) is 10.6. The maximum absolute atomic E-state index is 6.06. The Labute approximate surface area is 104 Å². The Hall–Kier alpha value is -1.93. The summed E-state index contributed by atoms with van der Waals surface area (Å²) in [6.07, 6.45) is 3.19. The molecule has 0 aliphatic heterocycles. The smallest absolute Gasteiger partial charge is 0.140 e. The van der Waals surface area contributed by atoms with Crippen molar-refractivity contribution in [1.82, 2.24) is 9.97 Å². The molecule has 0 saturated heterocycles. The van der Waals surface area contributed by atoms with E-state index in [0.29, 0.717) is 5.15 Å². The minimum atomic E-state index is 0.482. The van der Waals surface area contributed by atoms with Gasteiger partial charge in [0, 0.05) is 11.8 Å². The van der Waals surface area contributed by atoms with Crippen molar-refractivity contribution in [1.29, 1.82) is 0 Å². The predicted octanol–water partition coefficient (Wildman–Crippen LogP) is 3.95. The van der Waals surface area contributed by atoms with Crippen molar-refractivity contribution in [3.05, 3.63) is 60.1 Å². The average molecular weight is 241 g/mol. The molecule has 2 aromatic carbocycles. The average Bonchev–Trinajstić information content (AvgIpc) is 2.39. The van der Waals surface area contributed by atoms with Gasteiger partial charge in [0.2, 0.25) is 0 Å². The Balaban J connectivity index is 2.22. The molecule has 0 radical (unpaired) electrons. The molecule has 0 bridgehead atoms. The highest BCUT2D eigenvalue weighted by molar-refractivity contribution is 6.32. The molecular formula is C14H9ClN2. The van der Waals surface area contributed by atoms with Gasteiger partial charge in [-0.2, -0.15) is 0 Å². The van der Waals surface area contributed by atoms with Crippen molar-refractivity contribution in [2.24, 2.45) is 0 Å². The molecule has 0 atom stereocenters. The first-order valence-corrected chi connectivity index (χ1v) is 5.67. The summed E-state index contributed by atoms with van der Waals surface area (Å²) in [7, 11) is 0. The molecule has 3 aromatic rings. The van der Waals surface area contributed by atoms with E-state index >= 15 is 0 Å². The third-order valence-electron chi connectivity index (χ3n) is 2.72. The molecule has 0 aliphatic carbocycles. The van der Waals surface area contributed by atoms with Crippen LogP contribution in [0, 0.1) is 0 Å². The highest BCUT2D eigenvalue weighted by atomic mass is 35.5. The largest absolute Gasteiger partial charge is 0.244 e. The van der Waals surface area contributed by atoms with Crippen LogP contribution in [0.1, 0.15) is 0 Å². The van der Waals surface area contributed by atoms with Gasteiger partial charge in [0.15, 0.2) is 0 Å². The van der Waals surface area contributed by atoms with Crippen LogP contribution >= 0.6 is 11.6 Å². The molecule has 0 N–H and O–H groups in total. The van der Waals surface area contributed by atoms with Gasteiger partial charge in [-0.15, -0.1) is 0 Å². The van der Waals surface area contributed by atoms with E-state index in [4.69, 9.17) is 11.6 Å². The van der Waals surface area contributed by atoms with E-state index in [0.717, 1.165) is 11.1 Å². The van der Waals surface area contributed by atoms with E-state index in [1.807, 2.05) is 18.2 Å². The van der Waals surface area contributed by atoms with Crippen LogP contribution < -0.4 is 0 Å². The van der Waals surface area contributed by atoms with Crippen molar-refractivity contribution >= 4 is 22.4 Å². The standard InChI is InChI=1S/C14H9ClN2/c15-14-13(8-16-9-17-14)12-6-5-10-3-1-2-4-11(10)7-12/h1-9H. The number of aromatic nitrogens is 2. The Kier molecular flexibility index (Phi) is 2.50. The molecule has 17 heavy (non-hydrogen) atoms. The van der Waals surface area contributed by atoms with Gasteiger partial charge in [0.05, 0.1) is 0 Å². The lowest BCUT2D eigenvalue weighted by atomic mass is 10.0. The minimum absolute atomic E-state index is 0.482. The van der Waals surface area contributed by atoms with Crippen LogP contribution in [0.5, 0.6) is 0 Å². The fourth-order valence-corrected chi connectivity index (χ4v) is 2.07. The van der Waals surface area contributed by atoms with E-state index < -0.39 is 0 Å². The number of rotatable bonds is 1. The molecule has 0 saturated carbocycles. The van der Waals surface area contributed by atoms with Crippen molar-refractivity contribution in [2.75, 3.05) is 0 Å². The first-order chi connectivity index (χ1) is 8.34. The fraction of sp³-hybridized carbons (Fsp3) is 0. The zero-order valence-electron chi connectivity index (χ0n) is 8.97. The molecule has 1 aromatic heterocycles. The zero-order valence-corrected chi connectivity index (χ0v) is 9.72. The lowest BCUT2D eigenvalue weighted by molar-refractivity contribution is 1.17. The maximum atomic E-state index is 6.06. The molecule has 3 rings (SSSR count). The van der Waals surface area contributed by atoms with E-state index in [9.17, 15) is 0 Å². The maximum Gasteiger partial charge on any atom is 0.140 e. The molecule has 0 spiro atoms. The van der Waals surface area contributed by atoms with Gasteiger partial charge in [-0.25, -0.2) is 9.97 Å². The first kappa shape index (κ1) is 10.2. The Morgan fingerprint density at radius 3 is 2.59 bits per heavy atom.